The molecule has 0 aliphatic heterocycles. The summed E-state index contributed by atoms with van der Waals surface area (Å²) in [7, 11) is 0. The number of aliphatic hydroxyl groups is 1. The van der Waals surface area contributed by atoms with Crippen molar-refractivity contribution in [2.24, 2.45) is 5.92 Å². The third-order valence-corrected chi connectivity index (χ3v) is 4.28. The molecule has 1 unspecified atom stereocenters. The molecule has 0 heterocycles. The Bertz CT molecular complexity index is 346. The summed E-state index contributed by atoms with van der Waals surface area (Å²) in [6, 6.07) is 9.12. The molecule has 0 saturated heterocycles. The van der Waals surface area contributed by atoms with E-state index in [0.29, 0.717) is 12.0 Å². The first-order chi connectivity index (χ1) is 8.19. The number of nitrogens with one attached hydrogen (secondary N) is 1. The van der Waals surface area contributed by atoms with Crippen molar-refractivity contribution in [3.63, 3.8) is 0 Å². The van der Waals surface area contributed by atoms with Gasteiger partial charge in [0.15, 0.2) is 0 Å². The van der Waals surface area contributed by atoms with E-state index in [0.717, 1.165) is 19.4 Å². The van der Waals surface area contributed by atoms with Crippen LogP contribution in [0.15, 0.2) is 29.2 Å². The fraction of sp³-hybridized carbons (Fsp3) is 0.571. The summed E-state index contributed by atoms with van der Waals surface area (Å²) in [5.74, 6) is 0.665. The van der Waals surface area contributed by atoms with Crippen LogP contribution in [0.3, 0.4) is 0 Å². The molecule has 1 aliphatic rings. The topological polar surface area (TPSA) is 32.3 Å². The van der Waals surface area contributed by atoms with Gasteiger partial charge in [0.05, 0.1) is 6.10 Å². The van der Waals surface area contributed by atoms with E-state index in [-0.39, 0.29) is 6.10 Å². The first kappa shape index (κ1) is 12.9. The Balaban J connectivity index is 1.80. The predicted octanol–water partition coefficient (Wildman–Crippen LogP) is 2.83. The van der Waals surface area contributed by atoms with Gasteiger partial charge in [-0.25, -0.2) is 0 Å². The molecule has 1 saturated carbocycles. The Morgan fingerprint density at radius 1 is 1.35 bits per heavy atom. The van der Waals surface area contributed by atoms with Crippen molar-refractivity contribution in [3.05, 3.63) is 29.8 Å². The molecule has 0 amide bonds. The van der Waals surface area contributed by atoms with Gasteiger partial charge in [-0.15, -0.1) is 11.8 Å². The summed E-state index contributed by atoms with van der Waals surface area (Å²) in [6.45, 7) is 3.21. The monoisotopic (exact) mass is 251 g/mol. The first-order valence-corrected chi connectivity index (χ1v) is 7.47. The molecule has 1 aromatic rings. The smallest absolute Gasteiger partial charge is 0.0546 e. The average Bonchev–Trinajstić information content (AvgIpc) is 2.33. The van der Waals surface area contributed by atoms with Crippen LogP contribution in [-0.4, -0.2) is 24.0 Å². The third-order valence-electron chi connectivity index (χ3n) is 3.54. The van der Waals surface area contributed by atoms with Crippen LogP contribution in [0.2, 0.25) is 0 Å². The maximum Gasteiger partial charge on any atom is 0.0546 e. The van der Waals surface area contributed by atoms with Crippen molar-refractivity contribution >= 4 is 11.8 Å². The van der Waals surface area contributed by atoms with Crippen LogP contribution in [0.4, 0.5) is 0 Å². The second-order valence-corrected chi connectivity index (χ2v) is 5.77. The molecular formula is C14H21NOS. The van der Waals surface area contributed by atoms with Gasteiger partial charge in [0.1, 0.15) is 0 Å². The van der Waals surface area contributed by atoms with E-state index in [1.54, 1.807) is 11.8 Å². The van der Waals surface area contributed by atoms with Gasteiger partial charge in [-0.3, -0.25) is 0 Å². The highest BCUT2D eigenvalue weighted by atomic mass is 32.2. The molecule has 94 valence electrons. The lowest BCUT2D eigenvalue weighted by atomic mass is 9.82. The van der Waals surface area contributed by atoms with Crippen molar-refractivity contribution in [1.82, 2.24) is 5.32 Å². The zero-order valence-electron chi connectivity index (χ0n) is 10.5. The Morgan fingerprint density at radius 3 is 2.53 bits per heavy atom. The second kappa shape index (κ2) is 5.89. The van der Waals surface area contributed by atoms with Gasteiger partial charge in [-0.2, -0.15) is 0 Å². The van der Waals surface area contributed by atoms with E-state index in [1.807, 2.05) is 0 Å². The number of hydrogen-bond acceptors (Lipinski definition) is 3. The molecule has 1 fully saturated rings. The molecule has 2 nitrogen and oxygen atoms in total. The van der Waals surface area contributed by atoms with Crippen molar-refractivity contribution < 1.29 is 5.11 Å². The number of benzene rings is 1. The summed E-state index contributed by atoms with van der Waals surface area (Å²) in [5, 5.41) is 12.8. The fourth-order valence-electron chi connectivity index (χ4n) is 2.22. The molecule has 3 heteroatoms. The van der Waals surface area contributed by atoms with Gasteiger partial charge in [0, 0.05) is 10.9 Å². The number of rotatable bonds is 5. The summed E-state index contributed by atoms with van der Waals surface area (Å²) in [4.78, 5) is 1.31. The summed E-state index contributed by atoms with van der Waals surface area (Å²) in [6.07, 6.45) is 3.98. The molecule has 0 aromatic heterocycles. The summed E-state index contributed by atoms with van der Waals surface area (Å²) < 4.78 is 0. The van der Waals surface area contributed by atoms with E-state index >= 15 is 0 Å². The largest absolute Gasteiger partial charge is 0.393 e. The Kier molecular flexibility index (Phi) is 4.48. The van der Waals surface area contributed by atoms with Crippen LogP contribution in [0, 0.1) is 5.92 Å². The van der Waals surface area contributed by atoms with E-state index in [9.17, 15) is 5.11 Å². The zero-order chi connectivity index (χ0) is 12.3. The van der Waals surface area contributed by atoms with Crippen LogP contribution in [0.25, 0.3) is 0 Å². The van der Waals surface area contributed by atoms with Crippen molar-refractivity contribution in [1.29, 1.82) is 0 Å². The van der Waals surface area contributed by atoms with Crippen LogP contribution in [-0.2, 0) is 0 Å². The molecule has 2 rings (SSSR count). The van der Waals surface area contributed by atoms with Crippen molar-refractivity contribution in [2.45, 2.75) is 36.8 Å². The normalized spacial score (nSPS) is 25.4. The van der Waals surface area contributed by atoms with E-state index < -0.39 is 0 Å². The maximum atomic E-state index is 9.23. The first-order valence-electron chi connectivity index (χ1n) is 6.24. The van der Waals surface area contributed by atoms with Crippen molar-refractivity contribution in [2.75, 3.05) is 12.8 Å². The summed E-state index contributed by atoms with van der Waals surface area (Å²) in [5.41, 5.74) is 1.34. The molecule has 1 aromatic carbocycles. The molecular weight excluding hydrogens is 230 g/mol. The summed E-state index contributed by atoms with van der Waals surface area (Å²) >= 11 is 1.77. The second-order valence-electron chi connectivity index (χ2n) is 4.89. The van der Waals surface area contributed by atoms with Crippen molar-refractivity contribution in [3.8, 4) is 0 Å². The predicted molar refractivity (Wildman–Crippen MR) is 73.4 cm³/mol. The van der Waals surface area contributed by atoms with Gasteiger partial charge < -0.3 is 10.4 Å². The standard InChI is InChI=1S/C14H21NOS/c1-10(15-9-11-7-13(16)8-11)12-3-5-14(17-2)6-4-12/h3-6,10-11,13,15-16H,7-9H2,1-2H3. The minimum absolute atomic E-state index is 0.0435. The minimum atomic E-state index is -0.0435. The maximum absolute atomic E-state index is 9.23. The number of hydrogen-bond donors (Lipinski definition) is 2. The molecule has 17 heavy (non-hydrogen) atoms. The van der Waals surface area contributed by atoms with Crippen LogP contribution in [0.5, 0.6) is 0 Å². The van der Waals surface area contributed by atoms with Gasteiger partial charge >= 0.3 is 0 Å². The molecule has 1 aliphatic carbocycles. The minimum Gasteiger partial charge on any atom is -0.393 e. The van der Waals surface area contributed by atoms with E-state index in [4.69, 9.17) is 0 Å². The lowest BCUT2D eigenvalue weighted by Crippen LogP contribution is -2.36. The Morgan fingerprint density at radius 2 is 2.00 bits per heavy atom. The Hall–Kier alpha value is -0.510. The van der Waals surface area contributed by atoms with Gasteiger partial charge in [0.25, 0.3) is 0 Å². The molecule has 0 spiro atoms. The van der Waals surface area contributed by atoms with Gasteiger partial charge in [-0.05, 0) is 56.2 Å². The third kappa shape index (κ3) is 3.47. The Labute approximate surface area is 108 Å². The van der Waals surface area contributed by atoms with Crippen LogP contribution >= 0.6 is 11.8 Å². The highest BCUT2D eigenvalue weighted by Crippen LogP contribution is 2.27. The average molecular weight is 251 g/mol. The SMILES string of the molecule is CSc1ccc(C(C)NCC2CC(O)C2)cc1. The number of aliphatic hydroxyl groups excluding tert-OH is 1. The van der Waals surface area contributed by atoms with E-state index in [1.165, 1.54) is 10.5 Å². The lowest BCUT2D eigenvalue weighted by Gasteiger charge is -2.32. The lowest BCUT2D eigenvalue weighted by molar-refractivity contribution is 0.0420. The molecule has 0 bridgehead atoms. The zero-order valence-corrected chi connectivity index (χ0v) is 11.3. The highest BCUT2D eigenvalue weighted by molar-refractivity contribution is 7.98. The molecule has 2 N–H and O–H groups in total. The fourth-order valence-corrected chi connectivity index (χ4v) is 2.63. The van der Waals surface area contributed by atoms with Gasteiger partial charge in [-0.1, -0.05) is 12.1 Å². The van der Waals surface area contributed by atoms with Crippen LogP contribution in [0.1, 0.15) is 31.4 Å². The number of thioether (sulfide) groups is 1. The molecule has 1 atom stereocenters. The highest BCUT2D eigenvalue weighted by Gasteiger charge is 2.26. The molecule has 0 radical (unpaired) electrons. The van der Waals surface area contributed by atoms with E-state index in [2.05, 4.69) is 42.8 Å². The quantitative estimate of drug-likeness (QED) is 0.789. The van der Waals surface area contributed by atoms with Crippen LogP contribution < -0.4 is 5.32 Å². The van der Waals surface area contributed by atoms with Gasteiger partial charge in [0.2, 0.25) is 0 Å².